The number of halogens is 1. The summed E-state index contributed by atoms with van der Waals surface area (Å²) in [5.41, 5.74) is 6.61. The van der Waals surface area contributed by atoms with Crippen LogP contribution < -0.4 is 11.2 Å². The van der Waals surface area contributed by atoms with Gasteiger partial charge in [0.1, 0.15) is 17.2 Å². The lowest BCUT2D eigenvalue weighted by molar-refractivity contribution is 0.588. The Hall–Kier alpha value is -0.340. The van der Waals surface area contributed by atoms with Gasteiger partial charge in [-0.3, -0.25) is 0 Å². The van der Waals surface area contributed by atoms with Gasteiger partial charge in [0.05, 0.1) is 5.69 Å². The number of pyridine rings is 1. The molecule has 0 aliphatic carbocycles. The van der Waals surface area contributed by atoms with Crippen LogP contribution >= 0.6 is 23.1 Å². The van der Waals surface area contributed by atoms with Crippen LogP contribution in [0.3, 0.4) is 0 Å². The summed E-state index contributed by atoms with van der Waals surface area (Å²) in [6, 6.07) is 3.43. The molecule has 1 rings (SSSR count). The van der Waals surface area contributed by atoms with Crippen molar-refractivity contribution in [3.8, 4) is 0 Å². The fourth-order valence-electron chi connectivity index (χ4n) is 0.867. The quantitative estimate of drug-likeness (QED) is 0.608. The van der Waals surface area contributed by atoms with E-state index in [0.29, 0.717) is 15.7 Å². The molecule has 1 aromatic heterocycles. The van der Waals surface area contributed by atoms with Gasteiger partial charge in [-0.2, -0.15) is 0 Å². The summed E-state index contributed by atoms with van der Waals surface area (Å²) < 4.78 is 12.3. The molecular formula is C7H10BrN2OP. The molecule has 0 radical (unpaired) electrons. The van der Waals surface area contributed by atoms with Crippen LogP contribution in [-0.2, 0) is 4.57 Å². The Labute approximate surface area is 79.9 Å². The van der Waals surface area contributed by atoms with Crippen LogP contribution in [0.15, 0.2) is 16.7 Å². The zero-order valence-corrected chi connectivity index (χ0v) is 9.39. The predicted octanol–water partition coefficient (Wildman–Crippen LogP) is 1.67. The third kappa shape index (κ3) is 2.08. The lowest BCUT2D eigenvalue weighted by Crippen LogP contribution is -2.13. The van der Waals surface area contributed by atoms with E-state index in [-0.39, 0.29) is 0 Å². The molecule has 0 aliphatic rings. The van der Waals surface area contributed by atoms with E-state index in [9.17, 15) is 4.57 Å². The molecule has 0 fully saturated rings. The SMILES string of the molecule is CP(C)(=O)c1nc(Br)ccc1N. The van der Waals surface area contributed by atoms with Crippen molar-refractivity contribution in [1.29, 1.82) is 0 Å². The molecule has 5 heteroatoms. The highest BCUT2D eigenvalue weighted by atomic mass is 79.9. The molecule has 0 spiro atoms. The Kier molecular flexibility index (Phi) is 2.59. The van der Waals surface area contributed by atoms with Crippen molar-refractivity contribution in [1.82, 2.24) is 4.98 Å². The summed E-state index contributed by atoms with van der Waals surface area (Å²) in [5, 5.41) is 0. The van der Waals surface area contributed by atoms with Crippen LogP contribution in [0, 0.1) is 0 Å². The highest BCUT2D eigenvalue weighted by Crippen LogP contribution is 2.36. The van der Waals surface area contributed by atoms with Gasteiger partial charge in [-0.05, 0) is 41.4 Å². The normalized spacial score (nSPS) is 11.6. The van der Waals surface area contributed by atoms with Gasteiger partial charge in [0.2, 0.25) is 0 Å². The molecule has 0 atom stereocenters. The minimum atomic E-state index is -2.35. The average molecular weight is 249 g/mol. The third-order valence-electron chi connectivity index (χ3n) is 1.38. The Bertz CT molecular complexity index is 347. The van der Waals surface area contributed by atoms with Crippen LogP contribution in [0.2, 0.25) is 0 Å². The van der Waals surface area contributed by atoms with Gasteiger partial charge in [-0.25, -0.2) is 4.98 Å². The summed E-state index contributed by atoms with van der Waals surface area (Å²) in [6.45, 7) is 3.30. The van der Waals surface area contributed by atoms with Crippen LogP contribution in [0.5, 0.6) is 0 Å². The van der Waals surface area contributed by atoms with Crippen molar-refractivity contribution in [2.75, 3.05) is 19.1 Å². The number of rotatable bonds is 1. The Morgan fingerprint density at radius 1 is 1.50 bits per heavy atom. The van der Waals surface area contributed by atoms with Crippen molar-refractivity contribution < 1.29 is 4.57 Å². The predicted molar refractivity (Wildman–Crippen MR) is 55.4 cm³/mol. The standard InChI is InChI=1S/C7H10BrN2OP/c1-12(2,11)7-5(9)3-4-6(8)10-7/h3-4H,9H2,1-2H3. The average Bonchev–Trinajstić information content (AvgIpc) is 1.92. The van der Waals surface area contributed by atoms with E-state index in [1.165, 1.54) is 0 Å². The second-order valence-electron chi connectivity index (χ2n) is 2.90. The summed E-state index contributed by atoms with van der Waals surface area (Å²) >= 11 is 3.20. The van der Waals surface area contributed by atoms with Crippen LogP contribution in [0.1, 0.15) is 0 Å². The lowest BCUT2D eigenvalue weighted by atomic mass is 10.4. The summed E-state index contributed by atoms with van der Waals surface area (Å²) in [4.78, 5) is 4.07. The maximum Gasteiger partial charge on any atom is 0.129 e. The van der Waals surface area contributed by atoms with Crippen LogP contribution in [0.4, 0.5) is 5.69 Å². The van der Waals surface area contributed by atoms with Crippen molar-refractivity contribution in [2.24, 2.45) is 0 Å². The molecule has 0 aliphatic heterocycles. The number of aromatic nitrogens is 1. The van der Waals surface area contributed by atoms with E-state index in [4.69, 9.17) is 5.73 Å². The number of nitrogens with two attached hydrogens (primary N) is 1. The van der Waals surface area contributed by atoms with E-state index < -0.39 is 7.14 Å². The van der Waals surface area contributed by atoms with Gasteiger partial charge in [0.15, 0.2) is 0 Å². The minimum Gasteiger partial charge on any atom is -0.397 e. The zero-order valence-electron chi connectivity index (χ0n) is 6.91. The van der Waals surface area contributed by atoms with Crippen molar-refractivity contribution >= 4 is 34.2 Å². The van der Waals surface area contributed by atoms with Gasteiger partial charge >= 0.3 is 0 Å². The molecular weight excluding hydrogens is 239 g/mol. The molecule has 3 nitrogen and oxygen atoms in total. The zero-order chi connectivity index (χ0) is 9.35. The smallest absolute Gasteiger partial charge is 0.129 e. The van der Waals surface area contributed by atoms with E-state index in [1.807, 2.05) is 0 Å². The summed E-state index contributed by atoms with van der Waals surface area (Å²) in [7, 11) is -2.35. The van der Waals surface area contributed by atoms with Crippen LogP contribution in [0.25, 0.3) is 0 Å². The van der Waals surface area contributed by atoms with Gasteiger partial charge in [-0.15, -0.1) is 0 Å². The summed E-state index contributed by atoms with van der Waals surface area (Å²) in [5.74, 6) is 0. The molecule has 1 heterocycles. The molecule has 1 aromatic rings. The molecule has 12 heavy (non-hydrogen) atoms. The number of hydrogen-bond acceptors (Lipinski definition) is 3. The molecule has 2 N–H and O–H groups in total. The fraction of sp³-hybridized carbons (Fsp3) is 0.286. The second-order valence-corrected chi connectivity index (χ2v) is 6.84. The Balaban J connectivity index is 3.33. The first-order chi connectivity index (χ1) is 5.41. The first-order valence-corrected chi connectivity index (χ1v) is 6.78. The van der Waals surface area contributed by atoms with Gasteiger partial charge in [-0.1, -0.05) is 0 Å². The summed E-state index contributed by atoms with van der Waals surface area (Å²) in [6.07, 6.45) is 0. The number of nitrogen functional groups attached to an aromatic ring is 1. The Morgan fingerprint density at radius 2 is 2.08 bits per heavy atom. The maximum absolute atomic E-state index is 11.6. The van der Waals surface area contributed by atoms with E-state index in [0.717, 1.165) is 0 Å². The second kappa shape index (κ2) is 3.19. The molecule has 0 unspecified atom stereocenters. The molecule has 0 saturated heterocycles. The molecule has 0 aromatic carbocycles. The van der Waals surface area contributed by atoms with Crippen LogP contribution in [-0.4, -0.2) is 18.3 Å². The topological polar surface area (TPSA) is 56.0 Å². The van der Waals surface area contributed by atoms with E-state index in [1.54, 1.807) is 25.5 Å². The van der Waals surface area contributed by atoms with Crippen molar-refractivity contribution in [3.05, 3.63) is 16.7 Å². The number of anilines is 1. The van der Waals surface area contributed by atoms with E-state index >= 15 is 0 Å². The van der Waals surface area contributed by atoms with Gasteiger partial charge in [0, 0.05) is 0 Å². The van der Waals surface area contributed by atoms with Gasteiger partial charge in [0.25, 0.3) is 0 Å². The third-order valence-corrected chi connectivity index (χ3v) is 3.20. The Morgan fingerprint density at radius 3 is 2.50 bits per heavy atom. The highest BCUT2D eigenvalue weighted by molar-refractivity contribution is 9.10. The van der Waals surface area contributed by atoms with Crippen molar-refractivity contribution in [3.63, 3.8) is 0 Å². The first-order valence-electron chi connectivity index (χ1n) is 3.39. The maximum atomic E-state index is 11.6. The lowest BCUT2D eigenvalue weighted by Gasteiger charge is -2.08. The molecule has 0 saturated carbocycles. The fourth-order valence-corrected chi connectivity index (χ4v) is 2.36. The van der Waals surface area contributed by atoms with Gasteiger partial charge < -0.3 is 10.3 Å². The minimum absolute atomic E-state index is 0.492. The monoisotopic (exact) mass is 248 g/mol. The van der Waals surface area contributed by atoms with E-state index in [2.05, 4.69) is 20.9 Å². The van der Waals surface area contributed by atoms with Crippen molar-refractivity contribution in [2.45, 2.75) is 0 Å². The highest BCUT2D eigenvalue weighted by Gasteiger charge is 2.16. The molecule has 0 bridgehead atoms. The molecule has 0 amide bonds. The first kappa shape index (κ1) is 9.75. The number of nitrogens with zero attached hydrogens (tertiary/aromatic N) is 1. The largest absolute Gasteiger partial charge is 0.397 e. The molecule has 66 valence electrons. The number of hydrogen-bond donors (Lipinski definition) is 1.